The van der Waals surface area contributed by atoms with Crippen molar-refractivity contribution in [3.63, 3.8) is 0 Å². The highest BCUT2D eigenvalue weighted by Gasteiger charge is 2.41. The molecule has 0 saturated carbocycles. The highest BCUT2D eigenvalue weighted by atomic mass is 16.5. The molecule has 0 N–H and O–H groups in total. The first-order valence-corrected chi connectivity index (χ1v) is 11.1. The first-order chi connectivity index (χ1) is 15.6. The molecule has 2 aromatic carbocycles. The van der Waals surface area contributed by atoms with E-state index < -0.39 is 0 Å². The van der Waals surface area contributed by atoms with E-state index in [1.165, 1.54) is 10.6 Å². The van der Waals surface area contributed by atoms with Crippen LogP contribution >= 0.6 is 0 Å². The van der Waals surface area contributed by atoms with E-state index >= 15 is 0 Å². The number of ether oxygens (including phenoxy) is 1. The molecule has 6 nitrogen and oxygen atoms in total. The summed E-state index contributed by atoms with van der Waals surface area (Å²) in [6.45, 7) is 9.53. The maximum Gasteiger partial charge on any atom is 0.278 e. The number of piperazine rings is 1. The van der Waals surface area contributed by atoms with Crippen molar-refractivity contribution in [2.45, 2.75) is 13.3 Å². The second kappa shape index (κ2) is 9.73. The van der Waals surface area contributed by atoms with E-state index in [2.05, 4.69) is 35.4 Å². The number of hydrogen-bond acceptors (Lipinski definition) is 5. The normalized spacial score (nSPS) is 16.7. The number of amides is 2. The zero-order valence-corrected chi connectivity index (χ0v) is 18.5. The number of nitrogens with zero attached hydrogens (tertiary/aromatic N) is 3. The van der Waals surface area contributed by atoms with Gasteiger partial charge in [-0.05, 0) is 36.2 Å². The fraction of sp³-hybridized carbons (Fsp3) is 0.308. The lowest BCUT2D eigenvalue weighted by Gasteiger charge is -2.37. The smallest absolute Gasteiger partial charge is 0.278 e. The van der Waals surface area contributed by atoms with E-state index in [-0.39, 0.29) is 18.4 Å². The standard InChI is InChI=1S/C26H29N3O3/c1-3-14-29-25(30)23(20-10-12-22(13-11-20)32-19-4-2)24(26(29)31)28-17-15-27(16-18-28)21-8-6-5-7-9-21/h3,5-13H,1,4,14-19H2,2H3. The van der Waals surface area contributed by atoms with Gasteiger partial charge in [0.2, 0.25) is 0 Å². The van der Waals surface area contributed by atoms with Gasteiger partial charge >= 0.3 is 0 Å². The average molecular weight is 432 g/mol. The second-order valence-electron chi connectivity index (χ2n) is 7.92. The molecule has 6 heteroatoms. The van der Waals surface area contributed by atoms with Crippen LogP contribution in [-0.2, 0) is 9.59 Å². The van der Waals surface area contributed by atoms with Crippen LogP contribution in [-0.4, -0.2) is 60.9 Å². The maximum atomic E-state index is 13.3. The Kier molecular flexibility index (Phi) is 6.59. The molecule has 0 bridgehead atoms. The number of rotatable bonds is 8. The van der Waals surface area contributed by atoms with Crippen molar-refractivity contribution in [3.05, 3.63) is 78.5 Å². The van der Waals surface area contributed by atoms with Gasteiger partial charge in [-0.3, -0.25) is 14.5 Å². The van der Waals surface area contributed by atoms with Gasteiger partial charge in [0.1, 0.15) is 11.4 Å². The molecule has 0 unspecified atom stereocenters. The molecule has 1 fully saturated rings. The molecule has 0 radical (unpaired) electrons. The van der Waals surface area contributed by atoms with Crippen LogP contribution in [0.15, 0.2) is 72.9 Å². The first kappa shape index (κ1) is 21.7. The Morgan fingerprint density at radius 2 is 1.56 bits per heavy atom. The van der Waals surface area contributed by atoms with E-state index in [0.29, 0.717) is 31.0 Å². The van der Waals surface area contributed by atoms with Gasteiger partial charge in [0.25, 0.3) is 11.8 Å². The van der Waals surface area contributed by atoms with Crippen molar-refractivity contribution in [2.75, 3.05) is 44.2 Å². The zero-order chi connectivity index (χ0) is 22.5. The summed E-state index contributed by atoms with van der Waals surface area (Å²) >= 11 is 0. The van der Waals surface area contributed by atoms with Crippen LogP contribution < -0.4 is 9.64 Å². The lowest BCUT2D eigenvalue weighted by Crippen LogP contribution is -2.47. The highest BCUT2D eigenvalue weighted by Crippen LogP contribution is 2.33. The molecule has 0 atom stereocenters. The average Bonchev–Trinajstić information content (AvgIpc) is 3.09. The minimum absolute atomic E-state index is 0.201. The summed E-state index contributed by atoms with van der Waals surface area (Å²) in [5.41, 5.74) is 2.87. The Balaban J connectivity index is 1.61. The molecule has 0 aliphatic carbocycles. The van der Waals surface area contributed by atoms with Crippen molar-refractivity contribution in [1.82, 2.24) is 9.80 Å². The SMILES string of the molecule is C=CCN1C(=O)C(c2ccc(OCCC)cc2)=C(N2CCN(c3ccccc3)CC2)C1=O. The van der Waals surface area contributed by atoms with Gasteiger partial charge in [-0.25, -0.2) is 0 Å². The van der Waals surface area contributed by atoms with Crippen molar-refractivity contribution in [2.24, 2.45) is 0 Å². The van der Waals surface area contributed by atoms with Crippen molar-refractivity contribution >= 4 is 23.1 Å². The second-order valence-corrected chi connectivity index (χ2v) is 7.92. The first-order valence-electron chi connectivity index (χ1n) is 11.1. The molecule has 2 aliphatic rings. The Morgan fingerprint density at radius 3 is 2.19 bits per heavy atom. The number of para-hydroxylation sites is 1. The van der Waals surface area contributed by atoms with Crippen LogP contribution in [0.1, 0.15) is 18.9 Å². The van der Waals surface area contributed by atoms with Gasteiger partial charge in [0.05, 0.1) is 12.2 Å². The largest absolute Gasteiger partial charge is 0.494 e. The molecule has 2 heterocycles. The summed E-state index contributed by atoms with van der Waals surface area (Å²) in [6, 6.07) is 17.7. The van der Waals surface area contributed by atoms with Crippen molar-refractivity contribution in [1.29, 1.82) is 0 Å². The fourth-order valence-electron chi connectivity index (χ4n) is 4.18. The number of carbonyl (C=O) groups excluding carboxylic acids is 2. The van der Waals surface area contributed by atoms with Crippen LogP contribution in [0.3, 0.4) is 0 Å². The van der Waals surface area contributed by atoms with E-state index in [9.17, 15) is 9.59 Å². The van der Waals surface area contributed by atoms with Gasteiger partial charge in [0, 0.05) is 38.4 Å². The zero-order valence-electron chi connectivity index (χ0n) is 18.5. The van der Waals surface area contributed by atoms with Crippen LogP contribution in [0.2, 0.25) is 0 Å². The monoisotopic (exact) mass is 431 g/mol. The molecule has 0 spiro atoms. The molecular formula is C26H29N3O3. The molecule has 0 aromatic heterocycles. The number of benzene rings is 2. The topological polar surface area (TPSA) is 53.1 Å². The van der Waals surface area contributed by atoms with Gasteiger partial charge < -0.3 is 14.5 Å². The fourth-order valence-corrected chi connectivity index (χ4v) is 4.18. The van der Waals surface area contributed by atoms with Crippen molar-refractivity contribution in [3.8, 4) is 5.75 Å². The maximum absolute atomic E-state index is 13.3. The Hall–Kier alpha value is -3.54. The third kappa shape index (κ3) is 4.26. The molecule has 2 aromatic rings. The minimum atomic E-state index is -0.266. The molecule has 2 aliphatic heterocycles. The highest BCUT2D eigenvalue weighted by molar-refractivity contribution is 6.35. The van der Waals surface area contributed by atoms with Crippen LogP contribution in [0, 0.1) is 0 Å². The lowest BCUT2D eigenvalue weighted by atomic mass is 10.0. The van der Waals surface area contributed by atoms with Crippen molar-refractivity contribution < 1.29 is 14.3 Å². The summed E-state index contributed by atoms with van der Waals surface area (Å²) in [7, 11) is 0. The van der Waals surface area contributed by atoms with Gasteiger partial charge in [-0.2, -0.15) is 0 Å². The van der Waals surface area contributed by atoms with E-state index in [0.717, 1.165) is 30.8 Å². The van der Waals surface area contributed by atoms with Crippen LogP contribution in [0.5, 0.6) is 5.75 Å². The summed E-state index contributed by atoms with van der Waals surface area (Å²) in [5.74, 6) is 0.246. The molecule has 4 rings (SSSR count). The summed E-state index contributed by atoms with van der Waals surface area (Å²) in [5, 5.41) is 0. The Labute approximate surface area is 189 Å². The summed E-state index contributed by atoms with van der Waals surface area (Å²) in [6.07, 6.45) is 2.51. The summed E-state index contributed by atoms with van der Waals surface area (Å²) < 4.78 is 5.67. The lowest BCUT2D eigenvalue weighted by molar-refractivity contribution is -0.136. The predicted molar refractivity (Wildman–Crippen MR) is 126 cm³/mol. The van der Waals surface area contributed by atoms with E-state index in [4.69, 9.17) is 4.74 Å². The van der Waals surface area contributed by atoms with Crippen LogP contribution in [0.25, 0.3) is 5.57 Å². The third-order valence-electron chi connectivity index (χ3n) is 5.79. The molecular weight excluding hydrogens is 402 g/mol. The van der Waals surface area contributed by atoms with Gasteiger partial charge in [-0.15, -0.1) is 6.58 Å². The summed E-state index contributed by atoms with van der Waals surface area (Å²) in [4.78, 5) is 32.1. The van der Waals surface area contributed by atoms with Gasteiger partial charge in [-0.1, -0.05) is 43.3 Å². The predicted octanol–water partition coefficient (Wildman–Crippen LogP) is 3.56. The number of anilines is 1. The van der Waals surface area contributed by atoms with Crippen LogP contribution in [0.4, 0.5) is 5.69 Å². The molecule has 1 saturated heterocycles. The van der Waals surface area contributed by atoms with E-state index in [1.807, 2.05) is 42.5 Å². The molecule has 166 valence electrons. The Morgan fingerprint density at radius 1 is 0.906 bits per heavy atom. The number of hydrogen-bond donors (Lipinski definition) is 0. The third-order valence-corrected chi connectivity index (χ3v) is 5.79. The number of carbonyl (C=O) groups is 2. The van der Waals surface area contributed by atoms with E-state index in [1.54, 1.807) is 6.08 Å². The minimum Gasteiger partial charge on any atom is -0.494 e. The Bertz CT molecular complexity index is 1010. The molecule has 32 heavy (non-hydrogen) atoms. The molecule has 2 amide bonds. The van der Waals surface area contributed by atoms with Gasteiger partial charge in [0.15, 0.2) is 0 Å². The quantitative estimate of drug-likeness (QED) is 0.473. The number of imide groups is 1.